The number of carbonyl (C=O) groups is 1. The van der Waals surface area contributed by atoms with Gasteiger partial charge in [0, 0.05) is 12.3 Å². The highest BCUT2D eigenvalue weighted by atomic mass is 16.7. The van der Waals surface area contributed by atoms with Gasteiger partial charge < -0.3 is 10.7 Å². The Kier molecular flexibility index (Phi) is 2.96. The van der Waals surface area contributed by atoms with E-state index in [4.69, 9.17) is 10.7 Å². The second kappa shape index (κ2) is 4.58. The number of nitrogens with zero attached hydrogens (tertiary/aromatic N) is 2. The van der Waals surface area contributed by atoms with E-state index in [9.17, 15) is 14.4 Å². The number of carbonyl (C=O) groups excluding carboxylic acids is 1. The van der Waals surface area contributed by atoms with Gasteiger partial charge in [0.25, 0.3) is 5.56 Å². The van der Waals surface area contributed by atoms with Crippen LogP contribution in [0.2, 0.25) is 0 Å². The highest BCUT2D eigenvalue weighted by Crippen LogP contribution is 1.98. The van der Waals surface area contributed by atoms with Gasteiger partial charge in [0.1, 0.15) is 0 Å². The third kappa shape index (κ3) is 2.14. The number of rotatable bonds is 2. The fourth-order valence-electron chi connectivity index (χ4n) is 1.27. The van der Waals surface area contributed by atoms with Gasteiger partial charge in [0.15, 0.2) is 0 Å². The molecule has 0 unspecified atom stereocenters. The third-order valence-electron chi connectivity index (χ3n) is 2.16. The highest BCUT2D eigenvalue weighted by molar-refractivity contribution is 5.89. The summed E-state index contributed by atoms with van der Waals surface area (Å²) in [5, 5.41) is 0. The van der Waals surface area contributed by atoms with Crippen molar-refractivity contribution in [3.8, 4) is 0 Å². The molecule has 0 aliphatic carbocycles. The summed E-state index contributed by atoms with van der Waals surface area (Å²) < 4.78 is 0.939. The van der Waals surface area contributed by atoms with Crippen LogP contribution >= 0.6 is 0 Å². The molecule has 7 nitrogen and oxygen atoms in total. The minimum Gasteiger partial charge on any atom is -0.335 e. The number of hydrogen-bond acceptors (Lipinski definition) is 5. The molecule has 0 aliphatic heterocycles. The fraction of sp³-hybridized carbons (Fsp3) is 0. The summed E-state index contributed by atoms with van der Waals surface area (Å²) >= 11 is 0. The largest absolute Gasteiger partial charge is 0.383 e. The Morgan fingerprint density at radius 2 is 1.78 bits per heavy atom. The van der Waals surface area contributed by atoms with Crippen LogP contribution in [0.4, 0.5) is 0 Å². The Hall–Kier alpha value is -2.83. The van der Waals surface area contributed by atoms with Crippen LogP contribution in [-0.4, -0.2) is 15.4 Å². The van der Waals surface area contributed by atoms with E-state index in [-0.39, 0.29) is 5.56 Å². The predicted molar refractivity (Wildman–Crippen MR) is 62.5 cm³/mol. The molecule has 0 aliphatic rings. The van der Waals surface area contributed by atoms with Crippen molar-refractivity contribution in [2.75, 3.05) is 5.84 Å². The monoisotopic (exact) mass is 247 g/mol. The molecule has 0 atom stereocenters. The van der Waals surface area contributed by atoms with Gasteiger partial charge >= 0.3 is 11.7 Å². The fourth-order valence-corrected chi connectivity index (χ4v) is 1.27. The van der Waals surface area contributed by atoms with Gasteiger partial charge in [-0.3, -0.25) is 4.79 Å². The van der Waals surface area contributed by atoms with Crippen molar-refractivity contribution in [3.05, 3.63) is 69.0 Å². The minimum absolute atomic E-state index is 0.219. The van der Waals surface area contributed by atoms with Gasteiger partial charge in [0.2, 0.25) is 0 Å². The molecule has 0 spiro atoms. The molecule has 18 heavy (non-hydrogen) atoms. The van der Waals surface area contributed by atoms with E-state index < -0.39 is 17.2 Å². The maximum atomic E-state index is 11.7. The lowest BCUT2D eigenvalue weighted by Gasteiger charge is -2.05. The molecule has 1 aromatic heterocycles. The van der Waals surface area contributed by atoms with Crippen molar-refractivity contribution in [3.63, 3.8) is 0 Å². The van der Waals surface area contributed by atoms with Crippen molar-refractivity contribution < 1.29 is 9.63 Å². The summed E-state index contributed by atoms with van der Waals surface area (Å²) in [4.78, 5) is 39.2. The molecule has 7 heteroatoms. The zero-order valence-corrected chi connectivity index (χ0v) is 9.15. The van der Waals surface area contributed by atoms with Crippen LogP contribution in [0.5, 0.6) is 0 Å². The summed E-state index contributed by atoms with van der Waals surface area (Å²) in [5.74, 6) is 4.44. The first-order valence-corrected chi connectivity index (χ1v) is 4.97. The van der Waals surface area contributed by atoms with Crippen molar-refractivity contribution in [2.24, 2.45) is 0 Å². The molecular weight excluding hydrogens is 238 g/mol. The average molecular weight is 247 g/mol. The van der Waals surface area contributed by atoms with Gasteiger partial charge in [-0.1, -0.05) is 22.9 Å². The van der Waals surface area contributed by atoms with Crippen molar-refractivity contribution in [1.82, 2.24) is 9.41 Å². The lowest BCUT2D eigenvalue weighted by Crippen LogP contribution is -2.46. The van der Waals surface area contributed by atoms with Crippen molar-refractivity contribution >= 4 is 5.97 Å². The Labute approximate surface area is 101 Å². The lowest BCUT2D eigenvalue weighted by atomic mass is 10.2. The Bertz CT molecular complexity index is 687. The molecule has 92 valence electrons. The molecule has 0 radical (unpaired) electrons. The summed E-state index contributed by atoms with van der Waals surface area (Å²) in [6.07, 6.45) is 1.08. The molecule has 0 bridgehead atoms. The number of benzene rings is 1. The van der Waals surface area contributed by atoms with Gasteiger partial charge in [0.05, 0.1) is 5.56 Å². The van der Waals surface area contributed by atoms with Crippen molar-refractivity contribution in [2.45, 2.75) is 0 Å². The summed E-state index contributed by atoms with van der Waals surface area (Å²) in [6.45, 7) is 0. The van der Waals surface area contributed by atoms with E-state index in [1.54, 1.807) is 18.2 Å². The first-order chi connectivity index (χ1) is 8.59. The Balaban J connectivity index is 2.37. The van der Waals surface area contributed by atoms with Gasteiger partial charge in [-0.2, -0.15) is 0 Å². The molecule has 0 saturated carbocycles. The molecule has 1 heterocycles. The van der Waals surface area contributed by atoms with Crippen LogP contribution in [-0.2, 0) is 0 Å². The topological polar surface area (TPSA) is 96.3 Å². The quantitative estimate of drug-likeness (QED) is 0.686. The molecule has 2 rings (SSSR count). The van der Waals surface area contributed by atoms with Crippen LogP contribution in [0.3, 0.4) is 0 Å². The summed E-state index contributed by atoms with van der Waals surface area (Å²) in [6, 6.07) is 8.99. The second-order valence-electron chi connectivity index (χ2n) is 3.38. The van der Waals surface area contributed by atoms with E-state index >= 15 is 0 Å². The summed E-state index contributed by atoms with van der Waals surface area (Å²) in [7, 11) is 0. The zero-order valence-electron chi connectivity index (χ0n) is 9.15. The highest BCUT2D eigenvalue weighted by Gasteiger charge is 2.12. The summed E-state index contributed by atoms with van der Waals surface area (Å²) in [5.41, 5.74) is -1.49. The molecule has 1 aromatic carbocycles. The van der Waals surface area contributed by atoms with Gasteiger partial charge in [-0.05, 0) is 12.1 Å². The third-order valence-corrected chi connectivity index (χ3v) is 2.16. The van der Waals surface area contributed by atoms with E-state index in [1.165, 1.54) is 12.1 Å². The number of nitrogen functional groups attached to an aromatic ring is 1. The molecule has 2 aromatic rings. The lowest BCUT2D eigenvalue weighted by molar-refractivity contribution is 0.0412. The van der Waals surface area contributed by atoms with E-state index in [0.717, 1.165) is 12.3 Å². The predicted octanol–water partition coefficient (Wildman–Crippen LogP) is -1.01. The van der Waals surface area contributed by atoms with Crippen LogP contribution < -0.4 is 21.9 Å². The Morgan fingerprint density at radius 3 is 2.44 bits per heavy atom. The number of nitrogens with two attached hydrogens (primary N) is 1. The molecule has 2 N–H and O–H groups in total. The standard InChI is InChI=1S/C11H9N3O4/c12-13-7-6-9(15)14(11(13)17)18-10(16)8-4-2-1-3-5-8/h1-7H,12H2. The molecule has 0 saturated heterocycles. The first kappa shape index (κ1) is 11.6. The van der Waals surface area contributed by atoms with Gasteiger partial charge in [-0.25, -0.2) is 14.3 Å². The van der Waals surface area contributed by atoms with E-state index in [1.807, 2.05) is 0 Å². The maximum absolute atomic E-state index is 11.7. The van der Waals surface area contributed by atoms with Crippen molar-refractivity contribution in [1.29, 1.82) is 0 Å². The van der Waals surface area contributed by atoms with E-state index in [2.05, 4.69) is 0 Å². The minimum atomic E-state index is -0.938. The second-order valence-corrected chi connectivity index (χ2v) is 3.38. The number of aromatic nitrogens is 2. The van der Waals surface area contributed by atoms with Crippen LogP contribution in [0.25, 0.3) is 0 Å². The first-order valence-electron chi connectivity index (χ1n) is 4.97. The Morgan fingerprint density at radius 1 is 1.11 bits per heavy atom. The van der Waals surface area contributed by atoms with Gasteiger partial charge in [-0.15, -0.1) is 0 Å². The number of hydrogen-bond donors (Lipinski definition) is 1. The SMILES string of the molecule is Nn1ccc(=O)n(OC(=O)c2ccccc2)c1=O. The molecule has 0 fully saturated rings. The van der Waals surface area contributed by atoms with Crippen LogP contribution in [0.15, 0.2) is 52.2 Å². The molecular formula is C11H9N3O4. The molecule has 0 amide bonds. The maximum Gasteiger partial charge on any atom is 0.383 e. The average Bonchev–Trinajstić information content (AvgIpc) is 2.40. The normalized spacial score (nSPS) is 10.0. The van der Waals surface area contributed by atoms with E-state index in [0.29, 0.717) is 9.41 Å². The smallest absolute Gasteiger partial charge is 0.335 e. The van der Waals surface area contributed by atoms with Crippen LogP contribution in [0.1, 0.15) is 10.4 Å². The zero-order chi connectivity index (χ0) is 13.1. The van der Waals surface area contributed by atoms with Crippen LogP contribution in [0, 0.1) is 0 Å².